The molecule has 3 aromatic heterocycles. The molecule has 11 heteroatoms. The van der Waals surface area contributed by atoms with Gasteiger partial charge in [-0.05, 0) is 43.0 Å². The summed E-state index contributed by atoms with van der Waals surface area (Å²) >= 11 is 1.46. The number of carbonyl (C=O) groups excluding carboxylic acids is 2. The first-order chi connectivity index (χ1) is 16.3. The summed E-state index contributed by atoms with van der Waals surface area (Å²) in [4.78, 5) is 36.5. The molecule has 3 fully saturated rings. The standard InChI is InChI=1S/C25H25FN4O3S.2ClH/c1-25(2)19-20(25)24(32)30(23(19)31)12-15-9-18-21(34-15)16(5-7-28-18)17-8-13(26)10-29-22(17)33-14-4-3-6-27-11-14;;/h5,7-10,14,19-20,27H,3-4,6,11-12H2,1-2H3;2*1H. The first kappa shape index (κ1) is 26.7. The van der Waals surface area contributed by atoms with Gasteiger partial charge in [-0.25, -0.2) is 9.37 Å². The lowest BCUT2D eigenvalue weighted by molar-refractivity contribution is -0.143. The number of hydrogen-bond donors (Lipinski definition) is 1. The minimum absolute atomic E-state index is 0. The SMILES string of the molecule is CC1(C)C2C(=O)N(Cc3cc4nccc(-c5cc(F)cnc5OC5CCCNC5)c4s3)C(=O)C21.Cl.Cl. The van der Waals surface area contributed by atoms with Gasteiger partial charge < -0.3 is 10.1 Å². The zero-order chi connectivity index (χ0) is 23.6. The maximum atomic E-state index is 14.3. The minimum Gasteiger partial charge on any atom is -0.473 e. The first-order valence-corrected chi connectivity index (χ1v) is 12.4. The van der Waals surface area contributed by atoms with E-state index in [1.165, 1.54) is 28.5 Å². The molecule has 2 saturated heterocycles. The van der Waals surface area contributed by atoms with Crippen LogP contribution in [-0.4, -0.2) is 45.9 Å². The third-order valence-corrected chi connectivity index (χ3v) is 8.45. The molecule has 0 radical (unpaired) electrons. The van der Waals surface area contributed by atoms with Crippen LogP contribution in [0.5, 0.6) is 5.88 Å². The number of imide groups is 1. The smallest absolute Gasteiger partial charge is 0.234 e. The monoisotopic (exact) mass is 552 g/mol. The van der Waals surface area contributed by atoms with Gasteiger partial charge in [-0.3, -0.25) is 19.5 Å². The van der Waals surface area contributed by atoms with E-state index >= 15 is 0 Å². The van der Waals surface area contributed by atoms with Gasteiger partial charge in [0.1, 0.15) is 11.9 Å². The van der Waals surface area contributed by atoms with Crippen molar-refractivity contribution in [1.82, 2.24) is 20.2 Å². The molecule has 36 heavy (non-hydrogen) atoms. The number of halogens is 3. The molecule has 1 saturated carbocycles. The van der Waals surface area contributed by atoms with Crippen LogP contribution in [0, 0.1) is 23.1 Å². The Hall–Kier alpha value is -2.33. The van der Waals surface area contributed by atoms with Crippen molar-refractivity contribution >= 4 is 58.2 Å². The quantitative estimate of drug-likeness (QED) is 0.465. The summed E-state index contributed by atoms with van der Waals surface area (Å²) in [6.45, 7) is 5.87. The highest BCUT2D eigenvalue weighted by Gasteiger charge is 2.72. The molecule has 3 atom stereocenters. The molecule has 3 aliphatic rings. The Balaban J connectivity index is 0.00000152. The van der Waals surface area contributed by atoms with Crippen molar-refractivity contribution in [2.24, 2.45) is 17.3 Å². The predicted molar refractivity (Wildman–Crippen MR) is 140 cm³/mol. The first-order valence-electron chi connectivity index (χ1n) is 11.6. The van der Waals surface area contributed by atoms with E-state index in [1.54, 1.807) is 6.20 Å². The number of amides is 2. The number of fused-ring (bicyclic) bond motifs is 2. The van der Waals surface area contributed by atoms with Crippen molar-refractivity contribution in [3.05, 3.63) is 41.3 Å². The summed E-state index contributed by atoms with van der Waals surface area (Å²) in [7, 11) is 0. The summed E-state index contributed by atoms with van der Waals surface area (Å²) in [6, 6.07) is 5.17. The highest BCUT2D eigenvalue weighted by atomic mass is 35.5. The zero-order valence-corrected chi connectivity index (χ0v) is 22.3. The van der Waals surface area contributed by atoms with E-state index in [1.807, 2.05) is 26.0 Å². The molecule has 3 aromatic rings. The highest BCUT2D eigenvalue weighted by molar-refractivity contribution is 7.19. The molecule has 1 N–H and O–H groups in total. The number of pyridine rings is 2. The Morgan fingerprint density at radius 2 is 1.92 bits per heavy atom. The van der Waals surface area contributed by atoms with Gasteiger partial charge in [0.2, 0.25) is 17.7 Å². The molecule has 0 spiro atoms. The number of piperidine rings is 2. The summed E-state index contributed by atoms with van der Waals surface area (Å²) < 4.78 is 21.3. The van der Waals surface area contributed by atoms with Crippen LogP contribution in [0.15, 0.2) is 30.6 Å². The second-order valence-electron chi connectivity index (χ2n) is 9.92. The highest BCUT2D eigenvalue weighted by Crippen LogP contribution is 2.63. The van der Waals surface area contributed by atoms with E-state index in [4.69, 9.17) is 4.74 Å². The van der Waals surface area contributed by atoms with Crippen LogP contribution in [0.2, 0.25) is 0 Å². The minimum atomic E-state index is -0.444. The van der Waals surface area contributed by atoms with Gasteiger partial charge in [-0.15, -0.1) is 36.2 Å². The molecule has 0 aromatic carbocycles. The van der Waals surface area contributed by atoms with Gasteiger partial charge in [-0.1, -0.05) is 13.8 Å². The van der Waals surface area contributed by atoms with E-state index in [9.17, 15) is 14.0 Å². The fourth-order valence-electron chi connectivity index (χ4n) is 5.39. The number of rotatable bonds is 5. The van der Waals surface area contributed by atoms with Crippen LogP contribution in [0.1, 0.15) is 31.6 Å². The average molecular weight is 553 g/mol. The second-order valence-corrected chi connectivity index (χ2v) is 11.1. The number of carbonyl (C=O) groups is 2. The van der Waals surface area contributed by atoms with Crippen molar-refractivity contribution in [2.45, 2.75) is 39.3 Å². The molecule has 192 valence electrons. The zero-order valence-electron chi connectivity index (χ0n) is 19.8. The number of thiophene rings is 1. The van der Waals surface area contributed by atoms with Crippen molar-refractivity contribution in [3.8, 4) is 17.0 Å². The number of hydrogen-bond acceptors (Lipinski definition) is 7. The molecule has 2 aliphatic heterocycles. The third-order valence-electron chi connectivity index (χ3n) is 7.31. The summed E-state index contributed by atoms with van der Waals surface area (Å²) in [5.74, 6) is -0.620. The lowest BCUT2D eigenvalue weighted by atomic mass is 10.1. The Morgan fingerprint density at radius 3 is 2.61 bits per heavy atom. The van der Waals surface area contributed by atoms with Crippen LogP contribution < -0.4 is 10.1 Å². The summed E-state index contributed by atoms with van der Waals surface area (Å²) in [5, 5.41) is 3.32. The van der Waals surface area contributed by atoms with Gasteiger partial charge in [0, 0.05) is 28.7 Å². The van der Waals surface area contributed by atoms with Crippen molar-refractivity contribution in [2.75, 3.05) is 13.1 Å². The molecule has 0 bridgehead atoms. The van der Waals surface area contributed by atoms with E-state index in [-0.39, 0.29) is 66.5 Å². The molecule has 1 aliphatic carbocycles. The number of likely N-dealkylation sites (tertiary alicyclic amines) is 1. The molecule has 3 unspecified atom stereocenters. The van der Waals surface area contributed by atoms with E-state index in [2.05, 4.69) is 15.3 Å². The largest absolute Gasteiger partial charge is 0.473 e. The van der Waals surface area contributed by atoms with Gasteiger partial charge in [-0.2, -0.15) is 0 Å². The van der Waals surface area contributed by atoms with Crippen molar-refractivity contribution < 1.29 is 18.7 Å². The number of nitrogens with zero attached hydrogens (tertiary/aromatic N) is 3. The number of aromatic nitrogens is 2. The Labute approximate surface area is 224 Å². The lowest BCUT2D eigenvalue weighted by Gasteiger charge is -2.24. The maximum Gasteiger partial charge on any atom is 0.234 e. The fraction of sp³-hybridized carbons (Fsp3) is 0.440. The van der Waals surface area contributed by atoms with Crippen LogP contribution in [0.25, 0.3) is 21.3 Å². The van der Waals surface area contributed by atoms with E-state index < -0.39 is 5.82 Å². The molecule has 5 heterocycles. The normalized spacial score (nSPS) is 24.2. The van der Waals surface area contributed by atoms with Gasteiger partial charge in [0.15, 0.2) is 0 Å². The topological polar surface area (TPSA) is 84.4 Å². The van der Waals surface area contributed by atoms with E-state index in [0.717, 1.165) is 46.6 Å². The van der Waals surface area contributed by atoms with Gasteiger partial charge >= 0.3 is 0 Å². The second kappa shape index (κ2) is 9.85. The van der Waals surface area contributed by atoms with Crippen molar-refractivity contribution in [3.63, 3.8) is 0 Å². The number of ether oxygens (including phenoxy) is 1. The third kappa shape index (κ3) is 4.36. The van der Waals surface area contributed by atoms with Crippen LogP contribution in [0.4, 0.5) is 4.39 Å². The Bertz CT molecular complexity index is 1300. The lowest BCUT2D eigenvalue weighted by Crippen LogP contribution is -2.37. The molecule has 2 amide bonds. The van der Waals surface area contributed by atoms with Gasteiger partial charge in [0.05, 0.1) is 34.8 Å². The van der Waals surface area contributed by atoms with Crippen LogP contribution >= 0.6 is 36.2 Å². The average Bonchev–Trinajstić information content (AvgIpc) is 3.06. The van der Waals surface area contributed by atoms with E-state index in [0.29, 0.717) is 11.4 Å². The molecule has 7 nitrogen and oxygen atoms in total. The fourth-order valence-corrected chi connectivity index (χ4v) is 6.52. The van der Waals surface area contributed by atoms with Gasteiger partial charge in [0.25, 0.3) is 0 Å². The molecular weight excluding hydrogens is 526 g/mol. The summed E-state index contributed by atoms with van der Waals surface area (Å²) in [6.07, 6.45) is 4.75. The molecule has 6 rings (SSSR count). The number of nitrogens with one attached hydrogen (secondary N) is 1. The Kier molecular flexibility index (Phi) is 7.31. The maximum absolute atomic E-state index is 14.3. The van der Waals surface area contributed by atoms with Crippen LogP contribution in [0.3, 0.4) is 0 Å². The molecular formula is C25H27Cl2FN4O3S. The van der Waals surface area contributed by atoms with Crippen molar-refractivity contribution in [1.29, 1.82) is 0 Å². The predicted octanol–water partition coefficient (Wildman–Crippen LogP) is 4.61. The van der Waals surface area contributed by atoms with Crippen LogP contribution in [-0.2, 0) is 16.1 Å². The summed E-state index contributed by atoms with van der Waals surface area (Å²) in [5.41, 5.74) is 1.85. The Morgan fingerprint density at radius 1 is 1.17 bits per heavy atom.